The van der Waals surface area contributed by atoms with Gasteiger partial charge < -0.3 is 0 Å². The molecular weight excluding hydrogens is 230 g/mol. The molecule has 2 aromatic rings. The van der Waals surface area contributed by atoms with Crippen LogP contribution in [0, 0.1) is 0 Å². The maximum absolute atomic E-state index is 11.1. The van der Waals surface area contributed by atoms with Crippen molar-refractivity contribution in [3.63, 3.8) is 0 Å². The van der Waals surface area contributed by atoms with Crippen molar-refractivity contribution in [2.45, 2.75) is 6.54 Å². The summed E-state index contributed by atoms with van der Waals surface area (Å²) in [5, 5.41) is 13.6. The van der Waals surface area contributed by atoms with E-state index < -0.39 is 0 Å². The van der Waals surface area contributed by atoms with E-state index in [1.807, 2.05) is 17.5 Å². The highest BCUT2D eigenvalue weighted by Crippen LogP contribution is 2.19. The highest BCUT2D eigenvalue weighted by Gasteiger charge is 2.09. The van der Waals surface area contributed by atoms with E-state index in [4.69, 9.17) is 0 Å². The maximum atomic E-state index is 11.1. The number of hydroxylamine groups is 1. The zero-order chi connectivity index (χ0) is 11.4. The third-order valence-corrected chi connectivity index (χ3v) is 2.56. The number of nitrogens with one attached hydrogen (secondary N) is 1. The van der Waals surface area contributed by atoms with Crippen molar-refractivity contribution < 1.29 is 9.63 Å². The largest absolute Gasteiger partial charge is 0.277 e. The molecule has 1 amide bonds. The van der Waals surface area contributed by atoms with Crippen LogP contribution in [-0.4, -0.2) is 33.2 Å². The molecule has 0 bridgehead atoms. The standard InChI is InChI=1S/C8H9N5O2S/c1-15-11-7(14)5-13-10-8(9-12-13)6-3-2-4-16-6/h2-4H,5H2,1H3,(H,11,14). The number of hydrogen-bond donors (Lipinski definition) is 1. The second kappa shape index (κ2) is 4.81. The molecule has 1 N–H and O–H groups in total. The number of carbonyl (C=O) groups excluding carboxylic acids is 1. The Morgan fingerprint density at radius 2 is 2.56 bits per heavy atom. The average Bonchev–Trinajstić information content (AvgIpc) is 2.86. The lowest BCUT2D eigenvalue weighted by molar-refractivity contribution is -0.132. The predicted octanol–water partition coefficient (Wildman–Crippen LogP) is 0.0792. The monoisotopic (exact) mass is 239 g/mol. The summed E-state index contributed by atoms with van der Waals surface area (Å²) in [4.78, 5) is 17.7. The molecule has 0 unspecified atom stereocenters. The Kier molecular flexibility index (Phi) is 3.22. The topological polar surface area (TPSA) is 81.9 Å². The smallest absolute Gasteiger partial charge is 0.267 e. The Morgan fingerprint density at radius 1 is 1.69 bits per heavy atom. The van der Waals surface area contributed by atoms with Crippen molar-refractivity contribution in [1.29, 1.82) is 0 Å². The molecule has 16 heavy (non-hydrogen) atoms. The van der Waals surface area contributed by atoms with E-state index in [9.17, 15) is 4.79 Å². The SMILES string of the molecule is CONC(=O)Cn1nnc(-c2cccs2)n1. The molecule has 7 nitrogen and oxygen atoms in total. The van der Waals surface area contributed by atoms with Gasteiger partial charge in [-0.2, -0.15) is 4.80 Å². The van der Waals surface area contributed by atoms with E-state index in [0.717, 1.165) is 4.88 Å². The van der Waals surface area contributed by atoms with Crippen LogP contribution in [0.25, 0.3) is 10.7 Å². The molecule has 0 radical (unpaired) electrons. The molecular formula is C8H9N5O2S. The minimum atomic E-state index is -0.336. The molecule has 2 aromatic heterocycles. The summed E-state index contributed by atoms with van der Waals surface area (Å²) in [6, 6.07) is 3.79. The van der Waals surface area contributed by atoms with Crippen LogP contribution in [0.15, 0.2) is 17.5 Å². The van der Waals surface area contributed by atoms with Crippen molar-refractivity contribution in [3.8, 4) is 10.7 Å². The van der Waals surface area contributed by atoms with E-state index in [1.54, 1.807) is 0 Å². The first-order valence-electron chi connectivity index (χ1n) is 4.43. The highest BCUT2D eigenvalue weighted by atomic mass is 32.1. The number of nitrogens with zero attached hydrogens (tertiary/aromatic N) is 4. The van der Waals surface area contributed by atoms with Crippen molar-refractivity contribution in [3.05, 3.63) is 17.5 Å². The van der Waals surface area contributed by atoms with Gasteiger partial charge in [0.15, 0.2) is 0 Å². The quantitative estimate of drug-likeness (QED) is 0.764. The Morgan fingerprint density at radius 3 is 3.25 bits per heavy atom. The van der Waals surface area contributed by atoms with Crippen LogP contribution in [0.4, 0.5) is 0 Å². The second-order valence-electron chi connectivity index (χ2n) is 2.85. The summed E-state index contributed by atoms with van der Waals surface area (Å²) in [7, 11) is 1.36. The van der Waals surface area contributed by atoms with E-state index >= 15 is 0 Å². The maximum Gasteiger partial charge on any atom is 0.267 e. The van der Waals surface area contributed by atoms with Gasteiger partial charge in [0.1, 0.15) is 6.54 Å². The summed E-state index contributed by atoms with van der Waals surface area (Å²) in [5.41, 5.74) is 2.17. The van der Waals surface area contributed by atoms with E-state index in [0.29, 0.717) is 5.82 Å². The third-order valence-electron chi connectivity index (χ3n) is 1.70. The molecule has 8 heteroatoms. The number of tetrazole rings is 1. The van der Waals surface area contributed by atoms with Gasteiger partial charge in [0.05, 0.1) is 12.0 Å². The number of carbonyl (C=O) groups is 1. The summed E-state index contributed by atoms with van der Waals surface area (Å²) in [5.74, 6) is 0.179. The first kappa shape index (κ1) is 10.7. The summed E-state index contributed by atoms with van der Waals surface area (Å²) >= 11 is 1.51. The average molecular weight is 239 g/mol. The highest BCUT2D eigenvalue weighted by molar-refractivity contribution is 7.13. The fourth-order valence-electron chi connectivity index (χ4n) is 1.09. The van der Waals surface area contributed by atoms with Crippen LogP contribution < -0.4 is 5.48 Å². The molecule has 0 aliphatic heterocycles. The Balaban J connectivity index is 2.06. The first-order valence-corrected chi connectivity index (χ1v) is 5.31. The van der Waals surface area contributed by atoms with Gasteiger partial charge in [-0.15, -0.1) is 21.5 Å². The lowest BCUT2D eigenvalue weighted by atomic mass is 10.5. The van der Waals surface area contributed by atoms with E-state index in [-0.39, 0.29) is 12.5 Å². The van der Waals surface area contributed by atoms with Crippen molar-refractivity contribution in [1.82, 2.24) is 25.7 Å². The van der Waals surface area contributed by atoms with Crippen molar-refractivity contribution >= 4 is 17.2 Å². The number of thiophene rings is 1. The lowest BCUT2D eigenvalue weighted by Gasteiger charge is -1.98. The van der Waals surface area contributed by atoms with Crippen LogP contribution in [0.3, 0.4) is 0 Å². The lowest BCUT2D eigenvalue weighted by Crippen LogP contribution is -2.27. The van der Waals surface area contributed by atoms with Crippen LogP contribution in [-0.2, 0) is 16.2 Å². The summed E-state index contributed by atoms with van der Waals surface area (Å²) < 4.78 is 0. The summed E-state index contributed by atoms with van der Waals surface area (Å²) in [6.45, 7) is -0.0216. The van der Waals surface area contributed by atoms with Gasteiger partial charge in [0, 0.05) is 0 Å². The number of hydrogen-bond acceptors (Lipinski definition) is 6. The number of amides is 1. The van der Waals surface area contributed by atoms with Gasteiger partial charge in [-0.1, -0.05) is 6.07 Å². The molecule has 0 atom stereocenters. The number of aromatic nitrogens is 4. The van der Waals surface area contributed by atoms with Gasteiger partial charge in [0.2, 0.25) is 5.82 Å². The van der Waals surface area contributed by atoms with Crippen LogP contribution in [0.1, 0.15) is 0 Å². The minimum absolute atomic E-state index is 0.0216. The molecule has 0 saturated heterocycles. The van der Waals surface area contributed by atoms with Gasteiger partial charge in [-0.3, -0.25) is 9.63 Å². The second-order valence-corrected chi connectivity index (χ2v) is 3.80. The molecule has 0 aromatic carbocycles. The Labute approximate surface area is 95.0 Å². The van der Waals surface area contributed by atoms with Crippen LogP contribution >= 0.6 is 11.3 Å². The number of rotatable bonds is 4. The molecule has 0 saturated carbocycles. The van der Waals surface area contributed by atoms with Crippen molar-refractivity contribution in [2.75, 3.05) is 7.11 Å². The Bertz CT molecular complexity index is 466. The third kappa shape index (κ3) is 2.41. The molecule has 84 valence electrons. The Hall–Kier alpha value is -1.80. The van der Waals surface area contributed by atoms with Crippen LogP contribution in [0.5, 0.6) is 0 Å². The van der Waals surface area contributed by atoms with Crippen LogP contribution in [0.2, 0.25) is 0 Å². The van der Waals surface area contributed by atoms with E-state index in [1.165, 1.54) is 23.2 Å². The zero-order valence-corrected chi connectivity index (χ0v) is 9.27. The fraction of sp³-hybridized carbons (Fsp3) is 0.250. The molecule has 2 heterocycles. The molecule has 0 aliphatic carbocycles. The first-order chi connectivity index (χ1) is 7.79. The summed E-state index contributed by atoms with van der Waals surface area (Å²) in [6.07, 6.45) is 0. The van der Waals surface area contributed by atoms with Gasteiger partial charge in [-0.25, -0.2) is 5.48 Å². The normalized spacial score (nSPS) is 10.3. The predicted molar refractivity (Wildman–Crippen MR) is 56.3 cm³/mol. The zero-order valence-electron chi connectivity index (χ0n) is 8.45. The molecule has 2 rings (SSSR count). The van der Waals surface area contributed by atoms with Crippen molar-refractivity contribution in [2.24, 2.45) is 0 Å². The minimum Gasteiger partial charge on any atom is -0.277 e. The molecule has 0 aliphatic rings. The van der Waals surface area contributed by atoms with E-state index in [2.05, 4.69) is 25.7 Å². The fourth-order valence-corrected chi connectivity index (χ4v) is 1.74. The molecule has 0 fully saturated rings. The van der Waals surface area contributed by atoms with Gasteiger partial charge >= 0.3 is 0 Å². The van der Waals surface area contributed by atoms with Gasteiger partial charge in [-0.05, 0) is 16.7 Å². The molecule has 0 spiro atoms. The van der Waals surface area contributed by atoms with Gasteiger partial charge in [0.25, 0.3) is 5.91 Å².